The Morgan fingerprint density at radius 1 is 1.00 bits per heavy atom. The summed E-state index contributed by atoms with van der Waals surface area (Å²) in [5.41, 5.74) is 3.87. The summed E-state index contributed by atoms with van der Waals surface area (Å²) in [6, 6.07) is 17.7. The Hall–Kier alpha value is -2.39. The van der Waals surface area contributed by atoms with E-state index in [0.29, 0.717) is 11.4 Å². The van der Waals surface area contributed by atoms with Gasteiger partial charge in [0.25, 0.3) is 0 Å². The van der Waals surface area contributed by atoms with Gasteiger partial charge in [0.1, 0.15) is 0 Å². The minimum atomic E-state index is 0.161. The summed E-state index contributed by atoms with van der Waals surface area (Å²) in [6.07, 6.45) is 3.02. The molecule has 4 rings (SSSR count). The van der Waals surface area contributed by atoms with Crippen LogP contribution in [0.1, 0.15) is 34.0 Å². The molecule has 3 aromatic rings. The van der Waals surface area contributed by atoms with Crippen molar-refractivity contribution >= 4 is 17.4 Å². The van der Waals surface area contributed by atoms with Crippen LogP contribution in [0, 0.1) is 0 Å². The number of benzene rings is 2. The number of carbonyl (C=O) groups is 1. The summed E-state index contributed by atoms with van der Waals surface area (Å²) >= 11 is 5.97. The zero-order chi connectivity index (χ0) is 15.8. The van der Waals surface area contributed by atoms with Gasteiger partial charge in [-0.2, -0.15) is 5.10 Å². The van der Waals surface area contributed by atoms with Gasteiger partial charge in [-0.05, 0) is 42.2 Å². The number of nitrogens with zero attached hydrogens (tertiary/aromatic N) is 2. The van der Waals surface area contributed by atoms with Crippen LogP contribution in [0.25, 0.3) is 5.69 Å². The molecule has 4 heteroatoms. The Kier molecular flexibility index (Phi) is 3.50. The summed E-state index contributed by atoms with van der Waals surface area (Å²) < 4.78 is 1.88. The van der Waals surface area contributed by atoms with Crippen molar-refractivity contribution in [2.24, 2.45) is 0 Å². The monoisotopic (exact) mass is 322 g/mol. The smallest absolute Gasteiger partial charge is 0.166 e. The number of Topliss-reactive ketones (excluding diaryl/α,β-unsaturated/α-hetero) is 1. The first-order valence-electron chi connectivity index (χ1n) is 7.63. The largest absolute Gasteiger partial charge is 0.294 e. The van der Waals surface area contributed by atoms with Crippen molar-refractivity contribution in [2.45, 2.75) is 18.8 Å². The number of aromatic nitrogens is 2. The average molecular weight is 323 g/mol. The van der Waals surface area contributed by atoms with E-state index < -0.39 is 0 Å². The first kappa shape index (κ1) is 14.2. The molecule has 0 spiro atoms. The normalized spacial score (nSPS) is 17.1. The lowest BCUT2D eigenvalue weighted by Gasteiger charge is -2.23. The second-order valence-electron chi connectivity index (χ2n) is 5.83. The number of hydrogen-bond donors (Lipinski definition) is 0. The molecule has 1 aliphatic rings. The van der Waals surface area contributed by atoms with Crippen molar-refractivity contribution in [3.63, 3.8) is 0 Å². The second-order valence-corrected chi connectivity index (χ2v) is 6.27. The summed E-state index contributed by atoms with van der Waals surface area (Å²) in [7, 11) is 0. The van der Waals surface area contributed by atoms with Gasteiger partial charge in [-0.25, -0.2) is 4.68 Å². The first-order valence-corrected chi connectivity index (χ1v) is 8.01. The molecule has 1 atom stereocenters. The minimum Gasteiger partial charge on any atom is -0.294 e. The third-order valence-electron chi connectivity index (χ3n) is 4.38. The average Bonchev–Trinajstić information content (AvgIpc) is 3.01. The molecule has 114 valence electrons. The lowest BCUT2D eigenvalue weighted by atomic mass is 9.82. The number of para-hydroxylation sites is 1. The maximum absolute atomic E-state index is 12.5. The fourth-order valence-electron chi connectivity index (χ4n) is 3.20. The highest BCUT2D eigenvalue weighted by Gasteiger charge is 2.29. The standard InChI is InChI=1S/C19H15ClN2O/c20-15-8-6-13(7-9-15)14-10-18-17(19(23)11-14)12-21-22(18)16-4-2-1-3-5-16/h1-9,12,14H,10-11H2. The molecule has 0 fully saturated rings. The van der Waals surface area contributed by atoms with E-state index in [-0.39, 0.29) is 11.7 Å². The van der Waals surface area contributed by atoms with Crippen LogP contribution in [-0.4, -0.2) is 15.6 Å². The maximum Gasteiger partial charge on any atom is 0.166 e. The van der Waals surface area contributed by atoms with E-state index in [1.807, 2.05) is 59.3 Å². The Labute approximate surface area is 139 Å². The third kappa shape index (κ3) is 2.57. The van der Waals surface area contributed by atoms with E-state index in [9.17, 15) is 4.79 Å². The van der Waals surface area contributed by atoms with E-state index in [1.165, 1.54) is 0 Å². The quantitative estimate of drug-likeness (QED) is 0.699. The Balaban J connectivity index is 1.74. The van der Waals surface area contributed by atoms with E-state index >= 15 is 0 Å². The SMILES string of the molecule is O=C1CC(c2ccc(Cl)cc2)Cc2c1cnn2-c1ccccc1. The Bertz CT molecular complexity index is 853. The molecule has 23 heavy (non-hydrogen) atoms. The number of fused-ring (bicyclic) bond motifs is 1. The fourth-order valence-corrected chi connectivity index (χ4v) is 3.33. The van der Waals surface area contributed by atoms with Crippen LogP contribution in [0.4, 0.5) is 0 Å². The number of ketones is 1. The fraction of sp³-hybridized carbons (Fsp3) is 0.158. The third-order valence-corrected chi connectivity index (χ3v) is 4.63. The number of halogens is 1. The molecule has 1 aliphatic carbocycles. The number of hydrogen-bond acceptors (Lipinski definition) is 2. The van der Waals surface area contributed by atoms with Crippen LogP contribution in [0.15, 0.2) is 60.8 Å². The lowest BCUT2D eigenvalue weighted by Crippen LogP contribution is -2.20. The van der Waals surface area contributed by atoms with Crippen LogP contribution in [0.3, 0.4) is 0 Å². The topological polar surface area (TPSA) is 34.9 Å². The van der Waals surface area contributed by atoms with E-state index in [4.69, 9.17) is 11.6 Å². The van der Waals surface area contributed by atoms with Crippen molar-refractivity contribution in [3.8, 4) is 5.69 Å². The van der Waals surface area contributed by atoms with Crippen LogP contribution < -0.4 is 0 Å². The van der Waals surface area contributed by atoms with Crippen LogP contribution in [-0.2, 0) is 6.42 Å². The van der Waals surface area contributed by atoms with Crippen molar-refractivity contribution in [1.29, 1.82) is 0 Å². The van der Waals surface area contributed by atoms with Gasteiger partial charge >= 0.3 is 0 Å². The molecule has 0 saturated heterocycles. The minimum absolute atomic E-state index is 0.161. The summed E-state index contributed by atoms with van der Waals surface area (Å²) in [5, 5.41) is 5.15. The molecule has 3 nitrogen and oxygen atoms in total. The molecular weight excluding hydrogens is 308 g/mol. The predicted molar refractivity (Wildman–Crippen MR) is 90.4 cm³/mol. The van der Waals surface area contributed by atoms with Gasteiger partial charge in [-0.3, -0.25) is 4.79 Å². The van der Waals surface area contributed by atoms with Crippen LogP contribution >= 0.6 is 11.6 Å². The van der Waals surface area contributed by atoms with Gasteiger partial charge < -0.3 is 0 Å². The van der Waals surface area contributed by atoms with Crippen molar-refractivity contribution < 1.29 is 4.79 Å². The van der Waals surface area contributed by atoms with E-state index in [2.05, 4.69) is 5.10 Å². The van der Waals surface area contributed by atoms with Gasteiger partial charge in [-0.1, -0.05) is 41.9 Å². The molecule has 0 bridgehead atoms. The molecule has 0 amide bonds. The molecule has 0 radical (unpaired) electrons. The van der Waals surface area contributed by atoms with Gasteiger partial charge in [-0.15, -0.1) is 0 Å². The van der Waals surface area contributed by atoms with Crippen LogP contribution in [0.5, 0.6) is 0 Å². The first-order chi connectivity index (χ1) is 11.2. The highest BCUT2D eigenvalue weighted by Crippen LogP contribution is 2.34. The summed E-state index contributed by atoms with van der Waals surface area (Å²) in [6.45, 7) is 0. The van der Waals surface area contributed by atoms with E-state index in [1.54, 1.807) is 6.20 Å². The van der Waals surface area contributed by atoms with Gasteiger partial charge in [0.15, 0.2) is 5.78 Å². The van der Waals surface area contributed by atoms with Gasteiger partial charge in [0.05, 0.1) is 23.1 Å². The van der Waals surface area contributed by atoms with Gasteiger partial charge in [0.2, 0.25) is 0 Å². The van der Waals surface area contributed by atoms with Crippen molar-refractivity contribution in [2.75, 3.05) is 0 Å². The molecule has 0 saturated carbocycles. The Morgan fingerprint density at radius 2 is 1.74 bits per heavy atom. The van der Waals surface area contributed by atoms with Crippen LogP contribution in [0.2, 0.25) is 5.02 Å². The number of carbonyl (C=O) groups excluding carboxylic acids is 1. The highest BCUT2D eigenvalue weighted by molar-refractivity contribution is 6.30. The molecular formula is C19H15ClN2O. The second kappa shape index (κ2) is 5.67. The molecule has 1 heterocycles. The van der Waals surface area contributed by atoms with Crippen molar-refractivity contribution in [3.05, 3.63) is 82.6 Å². The van der Waals surface area contributed by atoms with Crippen molar-refractivity contribution in [1.82, 2.24) is 9.78 Å². The summed E-state index contributed by atoms with van der Waals surface area (Å²) in [5.74, 6) is 0.333. The molecule has 0 aliphatic heterocycles. The zero-order valence-electron chi connectivity index (χ0n) is 12.4. The Morgan fingerprint density at radius 3 is 2.48 bits per heavy atom. The lowest BCUT2D eigenvalue weighted by molar-refractivity contribution is 0.0964. The summed E-state index contributed by atoms with van der Waals surface area (Å²) in [4.78, 5) is 12.5. The molecule has 1 aromatic heterocycles. The number of rotatable bonds is 2. The molecule has 2 aromatic carbocycles. The van der Waals surface area contributed by atoms with E-state index in [0.717, 1.165) is 28.9 Å². The molecule has 1 unspecified atom stereocenters. The molecule has 0 N–H and O–H groups in total. The zero-order valence-corrected chi connectivity index (χ0v) is 13.2. The highest BCUT2D eigenvalue weighted by atomic mass is 35.5. The van der Waals surface area contributed by atoms with Gasteiger partial charge in [0, 0.05) is 11.4 Å². The predicted octanol–water partition coefficient (Wildman–Crippen LogP) is 4.44. The maximum atomic E-state index is 12.5.